The van der Waals surface area contributed by atoms with Gasteiger partial charge in [0, 0.05) is 37.9 Å². The van der Waals surface area contributed by atoms with Gasteiger partial charge in [-0.15, -0.1) is 0 Å². The van der Waals surface area contributed by atoms with Crippen LogP contribution >= 0.6 is 0 Å². The lowest BCUT2D eigenvalue weighted by Crippen LogP contribution is -2.38. The first-order chi connectivity index (χ1) is 15.1. The number of rotatable bonds is 10. The molecule has 0 spiro atoms. The van der Waals surface area contributed by atoms with E-state index in [4.69, 9.17) is 0 Å². The van der Waals surface area contributed by atoms with Gasteiger partial charge in [-0.1, -0.05) is 60.7 Å². The maximum atomic E-state index is 12.9. The van der Waals surface area contributed by atoms with Gasteiger partial charge in [0.15, 0.2) is 0 Å². The fourth-order valence-electron chi connectivity index (χ4n) is 3.31. The Hall–Kier alpha value is -3.54. The van der Waals surface area contributed by atoms with E-state index in [9.17, 15) is 9.59 Å². The van der Waals surface area contributed by atoms with Gasteiger partial charge in [0.25, 0.3) is 5.91 Å². The van der Waals surface area contributed by atoms with Gasteiger partial charge >= 0.3 is 0 Å². The van der Waals surface area contributed by atoms with Gasteiger partial charge in [-0.3, -0.25) is 14.6 Å². The standard InChI is InChI=1S/C25H28N4O2/c1-20(12-13-21-8-4-2-5-9-21)28-24(30)14-17-29(19-22-10-6-3-7-11-22)25(31)23-18-26-15-16-27-23/h2-11,15-16,18,20H,12-14,17,19H2,1H3,(H,28,30). The molecule has 0 aliphatic carbocycles. The van der Waals surface area contributed by atoms with E-state index in [2.05, 4.69) is 27.4 Å². The van der Waals surface area contributed by atoms with Crippen molar-refractivity contribution in [1.82, 2.24) is 20.2 Å². The molecule has 0 saturated carbocycles. The van der Waals surface area contributed by atoms with Crippen molar-refractivity contribution >= 4 is 11.8 Å². The fraction of sp³-hybridized carbons (Fsp3) is 0.280. The molecule has 1 aromatic heterocycles. The first-order valence-corrected chi connectivity index (χ1v) is 10.5. The zero-order valence-corrected chi connectivity index (χ0v) is 17.8. The van der Waals surface area contributed by atoms with E-state index in [-0.39, 0.29) is 30.0 Å². The summed E-state index contributed by atoms with van der Waals surface area (Å²) in [6.45, 7) is 2.72. The van der Waals surface area contributed by atoms with E-state index >= 15 is 0 Å². The van der Waals surface area contributed by atoms with Crippen LogP contribution in [0.4, 0.5) is 0 Å². The van der Waals surface area contributed by atoms with Crippen molar-refractivity contribution in [3.63, 3.8) is 0 Å². The van der Waals surface area contributed by atoms with Crippen LogP contribution < -0.4 is 5.32 Å². The smallest absolute Gasteiger partial charge is 0.274 e. The molecule has 1 unspecified atom stereocenters. The first kappa shape index (κ1) is 22.2. The van der Waals surface area contributed by atoms with Crippen LogP contribution in [0.2, 0.25) is 0 Å². The van der Waals surface area contributed by atoms with Gasteiger partial charge in [-0.2, -0.15) is 0 Å². The Morgan fingerprint density at radius 2 is 1.65 bits per heavy atom. The monoisotopic (exact) mass is 416 g/mol. The van der Waals surface area contributed by atoms with Crippen LogP contribution in [-0.4, -0.2) is 39.3 Å². The number of carbonyl (C=O) groups excluding carboxylic acids is 2. The summed E-state index contributed by atoms with van der Waals surface area (Å²) in [6.07, 6.45) is 6.48. The lowest BCUT2D eigenvalue weighted by Gasteiger charge is -2.23. The Bertz CT molecular complexity index is 949. The normalized spacial score (nSPS) is 11.5. The molecule has 2 amide bonds. The molecule has 31 heavy (non-hydrogen) atoms. The molecule has 0 saturated heterocycles. The van der Waals surface area contributed by atoms with Gasteiger partial charge in [0.05, 0.1) is 6.20 Å². The summed E-state index contributed by atoms with van der Waals surface area (Å²) in [6, 6.07) is 20.0. The molecule has 1 N–H and O–H groups in total. The third-order valence-electron chi connectivity index (χ3n) is 5.01. The molecule has 3 aromatic rings. The minimum Gasteiger partial charge on any atom is -0.354 e. The Balaban J connectivity index is 1.54. The van der Waals surface area contributed by atoms with E-state index in [0.29, 0.717) is 13.1 Å². The molecule has 0 aliphatic heterocycles. The van der Waals surface area contributed by atoms with Crippen molar-refractivity contribution in [2.75, 3.05) is 6.54 Å². The zero-order valence-electron chi connectivity index (χ0n) is 17.8. The number of hydrogen-bond acceptors (Lipinski definition) is 4. The summed E-state index contributed by atoms with van der Waals surface area (Å²) < 4.78 is 0. The fourth-order valence-corrected chi connectivity index (χ4v) is 3.31. The molecule has 160 valence electrons. The Kier molecular flexibility index (Phi) is 8.29. The average molecular weight is 417 g/mol. The van der Waals surface area contributed by atoms with Crippen LogP contribution in [0, 0.1) is 0 Å². The number of aromatic nitrogens is 2. The highest BCUT2D eigenvalue weighted by atomic mass is 16.2. The highest BCUT2D eigenvalue weighted by Gasteiger charge is 2.19. The largest absolute Gasteiger partial charge is 0.354 e. The van der Waals surface area contributed by atoms with E-state index in [1.807, 2.05) is 55.5 Å². The number of nitrogens with one attached hydrogen (secondary N) is 1. The van der Waals surface area contributed by atoms with Crippen LogP contribution in [-0.2, 0) is 17.8 Å². The van der Waals surface area contributed by atoms with Gasteiger partial charge in [0.2, 0.25) is 5.91 Å². The molecule has 1 atom stereocenters. The van der Waals surface area contributed by atoms with E-state index < -0.39 is 0 Å². The second kappa shape index (κ2) is 11.6. The van der Waals surface area contributed by atoms with Crippen molar-refractivity contribution < 1.29 is 9.59 Å². The lowest BCUT2D eigenvalue weighted by atomic mass is 10.1. The van der Waals surface area contributed by atoms with Crippen LogP contribution in [0.25, 0.3) is 0 Å². The first-order valence-electron chi connectivity index (χ1n) is 10.5. The quantitative estimate of drug-likeness (QED) is 0.547. The maximum absolute atomic E-state index is 12.9. The number of aryl methyl sites for hydroxylation is 1. The summed E-state index contributed by atoms with van der Waals surface area (Å²) in [5.41, 5.74) is 2.53. The predicted molar refractivity (Wildman–Crippen MR) is 120 cm³/mol. The van der Waals surface area contributed by atoms with Crippen molar-refractivity contribution in [2.24, 2.45) is 0 Å². The SMILES string of the molecule is CC(CCc1ccccc1)NC(=O)CCN(Cc1ccccc1)C(=O)c1cnccn1. The number of amides is 2. The molecular formula is C25H28N4O2. The molecule has 0 fully saturated rings. The summed E-state index contributed by atoms with van der Waals surface area (Å²) in [7, 11) is 0. The van der Waals surface area contributed by atoms with E-state index in [1.165, 1.54) is 24.2 Å². The lowest BCUT2D eigenvalue weighted by molar-refractivity contribution is -0.121. The second-order valence-corrected chi connectivity index (χ2v) is 7.55. The molecule has 3 rings (SSSR count). The predicted octanol–water partition coefficient (Wildman–Crippen LogP) is 3.65. The van der Waals surface area contributed by atoms with Gasteiger partial charge in [-0.05, 0) is 30.9 Å². The third-order valence-corrected chi connectivity index (χ3v) is 5.01. The molecule has 1 heterocycles. The minimum atomic E-state index is -0.234. The number of hydrogen-bond donors (Lipinski definition) is 1. The summed E-state index contributed by atoms with van der Waals surface area (Å²) in [4.78, 5) is 35.2. The van der Waals surface area contributed by atoms with Crippen LogP contribution in [0.3, 0.4) is 0 Å². The van der Waals surface area contributed by atoms with E-state index in [0.717, 1.165) is 18.4 Å². The maximum Gasteiger partial charge on any atom is 0.274 e. The highest BCUT2D eigenvalue weighted by molar-refractivity contribution is 5.92. The van der Waals surface area contributed by atoms with Crippen molar-refractivity contribution in [3.05, 3.63) is 96.1 Å². The molecule has 6 heteroatoms. The van der Waals surface area contributed by atoms with Crippen LogP contribution in [0.1, 0.15) is 41.4 Å². The third kappa shape index (κ3) is 7.33. The molecule has 0 aliphatic rings. The Morgan fingerprint density at radius 3 is 2.29 bits per heavy atom. The number of benzene rings is 2. The van der Waals surface area contributed by atoms with E-state index in [1.54, 1.807) is 4.90 Å². The molecule has 2 aromatic carbocycles. The summed E-state index contributed by atoms with van der Waals surface area (Å²) >= 11 is 0. The Morgan fingerprint density at radius 1 is 0.968 bits per heavy atom. The van der Waals surface area contributed by atoms with Crippen LogP contribution in [0.15, 0.2) is 79.3 Å². The minimum absolute atomic E-state index is 0.0611. The van der Waals surface area contributed by atoms with Crippen molar-refractivity contribution in [2.45, 2.75) is 38.8 Å². The zero-order chi connectivity index (χ0) is 21.9. The van der Waals surface area contributed by atoms with Gasteiger partial charge in [-0.25, -0.2) is 4.98 Å². The Labute approximate surface area is 183 Å². The molecule has 0 bridgehead atoms. The van der Waals surface area contributed by atoms with Crippen molar-refractivity contribution in [1.29, 1.82) is 0 Å². The molecule has 6 nitrogen and oxygen atoms in total. The summed E-state index contributed by atoms with van der Waals surface area (Å²) in [5, 5.41) is 3.04. The number of nitrogens with zero attached hydrogens (tertiary/aromatic N) is 3. The van der Waals surface area contributed by atoms with Gasteiger partial charge < -0.3 is 10.2 Å². The second-order valence-electron chi connectivity index (χ2n) is 7.55. The summed E-state index contributed by atoms with van der Waals surface area (Å²) in [5.74, 6) is -0.299. The number of carbonyl (C=O) groups is 2. The molecule has 0 radical (unpaired) electrons. The van der Waals surface area contributed by atoms with Crippen LogP contribution in [0.5, 0.6) is 0 Å². The molecular weight excluding hydrogens is 388 g/mol. The average Bonchev–Trinajstić information content (AvgIpc) is 2.82. The highest BCUT2D eigenvalue weighted by Crippen LogP contribution is 2.10. The van der Waals surface area contributed by atoms with Gasteiger partial charge in [0.1, 0.15) is 5.69 Å². The van der Waals surface area contributed by atoms with Crippen molar-refractivity contribution in [3.8, 4) is 0 Å². The topological polar surface area (TPSA) is 75.2 Å².